The third-order valence-electron chi connectivity index (χ3n) is 4.13. The summed E-state index contributed by atoms with van der Waals surface area (Å²) in [4.78, 5) is 24.7. The third kappa shape index (κ3) is 2.59. The maximum Gasteiger partial charge on any atom is 0.330 e. The van der Waals surface area contributed by atoms with E-state index in [1.807, 2.05) is 0 Å². The van der Waals surface area contributed by atoms with Crippen molar-refractivity contribution in [1.82, 2.24) is 0 Å². The molecule has 2 amide bonds. The summed E-state index contributed by atoms with van der Waals surface area (Å²) < 4.78 is 14.0. The predicted molar refractivity (Wildman–Crippen MR) is 88.5 cm³/mol. The van der Waals surface area contributed by atoms with E-state index in [0.29, 0.717) is 11.1 Å². The van der Waals surface area contributed by atoms with Gasteiger partial charge in [-0.3, -0.25) is 4.90 Å². The Hall–Kier alpha value is -2.60. The summed E-state index contributed by atoms with van der Waals surface area (Å²) in [6.45, 7) is 0. The number of hydrogen-bond donors (Lipinski definition) is 2. The highest BCUT2D eigenvalue weighted by Gasteiger charge is 2.58. The predicted octanol–water partition coefficient (Wildman–Crippen LogP) is 3.65. The molecule has 0 atom stereocenters. The zero-order valence-corrected chi connectivity index (χ0v) is 13.3. The number of nitrogens with two attached hydrogens (primary N) is 1. The fourth-order valence-corrected chi connectivity index (χ4v) is 2.94. The molecule has 2 aromatic carbocycles. The molecule has 0 bridgehead atoms. The van der Waals surface area contributed by atoms with Crippen molar-refractivity contribution in [3.05, 3.63) is 53.3 Å². The molecule has 1 aliphatic rings. The average molecular weight is 349 g/mol. The Balaban J connectivity index is 2.24. The van der Waals surface area contributed by atoms with Gasteiger partial charge in [0.1, 0.15) is 11.4 Å². The van der Waals surface area contributed by atoms with Crippen molar-refractivity contribution < 1.29 is 19.1 Å². The van der Waals surface area contributed by atoms with E-state index in [2.05, 4.69) is 0 Å². The van der Waals surface area contributed by atoms with Crippen molar-refractivity contribution in [3.63, 3.8) is 0 Å². The van der Waals surface area contributed by atoms with Gasteiger partial charge >= 0.3 is 12.0 Å². The molecule has 3 N–H and O–H groups in total. The second-order valence-corrected chi connectivity index (χ2v) is 6.07. The third-order valence-corrected chi connectivity index (χ3v) is 4.42. The lowest BCUT2D eigenvalue weighted by Crippen LogP contribution is -2.50. The number of urea groups is 1. The van der Waals surface area contributed by atoms with Gasteiger partial charge < -0.3 is 10.8 Å². The van der Waals surface area contributed by atoms with Crippen LogP contribution in [0.2, 0.25) is 5.02 Å². The minimum Gasteiger partial charge on any atom is -0.479 e. The van der Waals surface area contributed by atoms with Gasteiger partial charge in [0.2, 0.25) is 0 Å². The zero-order valence-electron chi connectivity index (χ0n) is 12.5. The number of carboxylic acids is 1. The van der Waals surface area contributed by atoms with Crippen LogP contribution < -0.4 is 10.6 Å². The van der Waals surface area contributed by atoms with Gasteiger partial charge in [-0.05, 0) is 30.5 Å². The number of nitrogens with zero attached hydrogens (tertiary/aromatic N) is 1. The Morgan fingerprint density at radius 1 is 1.21 bits per heavy atom. The summed E-state index contributed by atoms with van der Waals surface area (Å²) in [6.07, 6.45) is 0.545. The lowest BCUT2D eigenvalue weighted by Gasteiger charge is -2.29. The fraction of sp³-hybridized carbons (Fsp3) is 0.176. The highest BCUT2D eigenvalue weighted by atomic mass is 35.5. The molecule has 0 aromatic heterocycles. The van der Waals surface area contributed by atoms with Gasteiger partial charge in [0, 0.05) is 5.56 Å². The fourth-order valence-electron chi connectivity index (χ4n) is 2.78. The SMILES string of the molecule is NC(=O)N(c1cc(Cl)c(F)cc1-c1ccccc1)C1(C(=O)O)CC1. The largest absolute Gasteiger partial charge is 0.479 e. The summed E-state index contributed by atoms with van der Waals surface area (Å²) in [5, 5.41) is 9.30. The van der Waals surface area contributed by atoms with Crippen LogP contribution in [0.3, 0.4) is 0 Å². The summed E-state index contributed by atoms with van der Waals surface area (Å²) in [6, 6.07) is 10.3. The van der Waals surface area contributed by atoms with Crippen molar-refractivity contribution in [2.75, 3.05) is 4.90 Å². The quantitative estimate of drug-likeness (QED) is 0.884. The van der Waals surface area contributed by atoms with E-state index < -0.39 is 23.4 Å². The van der Waals surface area contributed by atoms with Crippen LogP contribution in [0.4, 0.5) is 14.9 Å². The molecule has 1 fully saturated rings. The molecule has 24 heavy (non-hydrogen) atoms. The smallest absolute Gasteiger partial charge is 0.330 e. The number of hydrogen-bond acceptors (Lipinski definition) is 2. The van der Waals surface area contributed by atoms with Crippen LogP contribution >= 0.6 is 11.6 Å². The zero-order chi connectivity index (χ0) is 17.5. The molecule has 2 aromatic rings. The number of carboxylic acid groups (broad SMARTS) is 1. The van der Waals surface area contributed by atoms with E-state index in [4.69, 9.17) is 17.3 Å². The van der Waals surface area contributed by atoms with Gasteiger partial charge in [-0.1, -0.05) is 41.9 Å². The van der Waals surface area contributed by atoms with Crippen molar-refractivity contribution in [1.29, 1.82) is 0 Å². The van der Waals surface area contributed by atoms with Gasteiger partial charge in [0.05, 0.1) is 10.7 Å². The van der Waals surface area contributed by atoms with E-state index in [9.17, 15) is 19.1 Å². The number of aliphatic carboxylic acids is 1. The second kappa shape index (κ2) is 5.79. The summed E-state index contributed by atoms with van der Waals surface area (Å²) in [5.74, 6) is -1.82. The van der Waals surface area contributed by atoms with E-state index >= 15 is 0 Å². The van der Waals surface area contributed by atoms with Gasteiger partial charge in [0.25, 0.3) is 0 Å². The first kappa shape index (κ1) is 16.3. The van der Waals surface area contributed by atoms with Crippen molar-refractivity contribution in [2.24, 2.45) is 5.73 Å². The van der Waals surface area contributed by atoms with Crippen LogP contribution in [0.15, 0.2) is 42.5 Å². The molecule has 1 aliphatic carbocycles. The van der Waals surface area contributed by atoms with E-state index in [1.165, 1.54) is 12.1 Å². The number of carbonyl (C=O) groups is 2. The molecule has 0 radical (unpaired) electrons. The number of amides is 2. The maximum atomic E-state index is 14.0. The summed E-state index contributed by atoms with van der Waals surface area (Å²) in [5.41, 5.74) is 5.20. The molecule has 124 valence electrons. The Bertz CT molecular complexity index is 822. The number of halogens is 2. The van der Waals surface area contributed by atoms with E-state index in [0.717, 1.165) is 4.90 Å². The van der Waals surface area contributed by atoms with E-state index in [-0.39, 0.29) is 23.6 Å². The number of anilines is 1. The van der Waals surface area contributed by atoms with Gasteiger partial charge in [-0.2, -0.15) is 0 Å². The molecule has 0 spiro atoms. The molecular formula is C17H14ClFN2O3. The number of rotatable bonds is 4. The average Bonchev–Trinajstić information content (AvgIpc) is 3.33. The second-order valence-electron chi connectivity index (χ2n) is 5.66. The molecule has 7 heteroatoms. The Kier molecular flexibility index (Phi) is 3.93. The lowest BCUT2D eigenvalue weighted by molar-refractivity contribution is -0.139. The van der Waals surface area contributed by atoms with Crippen LogP contribution in [0.5, 0.6) is 0 Å². The topological polar surface area (TPSA) is 83.6 Å². The highest BCUT2D eigenvalue weighted by molar-refractivity contribution is 6.31. The molecule has 5 nitrogen and oxygen atoms in total. The first-order valence-corrected chi connectivity index (χ1v) is 7.62. The van der Waals surface area contributed by atoms with Gasteiger partial charge in [-0.25, -0.2) is 14.0 Å². The minimum atomic E-state index is -1.41. The number of primary amides is 1. The Morgan fingerprint density at radius 3 is 2.33 bits per heavy atom. The van der Waals surface area contributed by atoms with Crippen LogP contribution in [0.25, 0.3) is 11.1 Å². The van der Waals surface area contributed by atoms with Crippen molar-refractivity contribution in [3.8, 4) is 11.1 Å². The van der Waals surface area contributed by atoms with Crippen LogP contribution in [0.1, 0.15) is 12.8 Å². The van der Waals surface area contributed by atoms with Gasteiger partial charge in [-0.15, -0.1) is 0 Å². The normalized spacial score (nSPS) is 14.9. The standard InChI is InChI=1S/C17H14ClFN2O3/c18-12-9-14(21(16(20)24)17(6-7-17)15(22)23)11(8-13(12)19)10-4-2-1-3-5-10/h1-5,8-9H,6-7H2,(H2,20,24)(H,22,23). The molecular weight excluding hydrogens is 335 g/mol. The summed E-state index contributed by atoms with van der Waals surface area (Å²) >= 11 is 5.87. The van der Waals surface area contributed by atoms with Crippen LogP contribution in [-0.4, -0.2) is 22.6 Å². The highest BCUT2D eigenvalue weighted by Crippen LogP contribution is 2.47. The van der Waals surface area contributed by atoms with Crippen molar-refractivity contribution >= 4 is 29.3 Å². The molecule has 0 heterocycles. The Morgan fingerprint density at radius 2 is 1.83 bits per heavy atom. The number of carbonyl (C=O) groups excluding carboxylic acids is 1. The molecule has 0 unspecified atom stereocenters. The monoisotopic (exact) mass is 348 g/mol. The van der Waals surface area contributed by atoms with Crippen LogP contribution in [-0.2, 0) is 4.79 Å². The molecule has 0 saturated heterocycles. The Labute approximate surface area is 142 Å². The molecule has 0 aliphatic heterocycles. The van der Waals surface area contributed by atoms with Gasteiger partial charge in [0.15, 0.2) is 0 Å². The van der Waals surface area contributed by atoms with Crippen LogP contribution in [0, 0.1) is 5.82 Å². The summed E-state index contributed by atoms with van der Waals surface area (Å²) in [7, 11) is 0. The van der Waals surface area contributed by atoms with Crippen molar-refractivity contribution in [2.45, 2.75) is 18.4 Å². The first-order chi connectivity index (χ1) is 11.4. The van der Waals surface area contributed by atoms with E-state index in [1.54, 1.807) is 30.3 Å². The maximum absolute atomic E-state index is 14.0. The molecule has 3 rings (SSSR count). The molecule has 1 saturated carbocycles. The lowest BCUT2D eigenvalue weighted by atomic mass is 10.0. The first-order valence-electron chi connectivity index (χ1n) is 7.24. The number of benzene rings is 2. The minimum absolute atomic E-state index is 0.181.